The van der Waals surface area contributed by atoms with E-state index in [1.54, 1.807) is 23.2 Å². The highest BCUT2D eigenvalue weighted by Crippen LogP contribution is 2.25. The van der Waals surface area contributed by atoms with Gasteiger partial charge in [-0.15, -0.1) is 0 Å². The van der Waals surface area contributed by atoms with Crippen molar-refractivity contribution in [2.75, 3.05) is 13.2 Å². The normalized spacial score (nSPS) is 14.4. The summed E-state index contributed by atoms with van der Waals surface area (Å²) < 4.78 is 7.35. The van der Waals surface area contributed by atoms with E-state index in [1.807, 2.05) is 48.0 Å². The second-order valence-corrected chi connectivity index (χ2v) is 6.61. The Labute approximate surface area is 163 Å². The van der Waals surface area contributed by atoms with Gasteiger partial charge >= 0.3 is 0 Å². The number of aromatic nitrogens is 3. The van der Waals surface area contributed by atoms with Crippen molar-refractivity contribution in [3.8, 4) is 5.88 Å². The molecule has 2 aromatic heterocycles. The predicted molar refractivity (Wildman–Crippen MR) is 103 cm³/mol. The van der Waals surface area contributed by atoms with Gasteiger partial charge in [0.15, 0.2) is 0 Å². The van der Waals surface area contributed by atoms with Crippen LogP contribution in [-0.2, 0) is 13.1 Å². The Bertz CT molecular complexity index is 971. The van der Waals surface area contributed by atoms with Gasteiger partial charge in [0.05, 0.1) is 31.1 Å². The molecular formula is C21H22N4O3. The minimum atomic E-state index is -0.786. The number of pyridine rings is 1. The Morgan fingerprint density at radius 1 is 1.21 bits per heavy atom. The minimum Gasteiger partial charge on any atom is -0.477 e. The predicted octanol–water partition coefficient (Wildman–Crippen LogP) is 2.41. The maximum atomic E-state index is 13.0. The first-order chi connectivity index (χ1) is 13.7. The maximum absolute atomic E-state index is 13.0. The molecule has 1 aromatic carbocycles. The smallest absolute Gasteiger partial charge is 0.259 e. The Kier molecular flexibility index (Phi) is 5.08. The number of hydrogen-bond acceptors (Lipinski definition) is 5. The fourth-order valence-corrected chi connectivity index (χ4v) is 3.38. The topological polar surface area (TPSA) is 80.5 Å². The van der Waals surface area contributed by atoms with E-state index < -0.39 is 6.10 Å². The number of fused-ring (bicyclic) bond motifs is 1. The Hall–Kier alpha value is -3.19. The number of aliphatic hydroxyl groups excluding tert-OH is 1. The third kappa shape index (κ3) is 3.48. The van der Waals surface area contributed by atoms with E-state index in [0.717, 1.165) is 11.3 Å². The molecule has 1 aliphatic rings. The van der Waals surface area contributed by atoms with E-state index in [4.69, 9.17) is 4.74 Å². The van der Waals surface area contributed by atoms with Crippen molar-refractivity contribution in [3.63, 3.8) is 0 Å². The number of carbonyl (C=O) groups is 1. The zero-order valence-electron chi connectivity index (χ0n) is 15.7. The first-order valence-electron chi connectivity index (χ1n) is 9.34. The van der Waals surface area contributed by atoms with Crippen molar-refractivity contribution < 1.29 is 14.6 Å². The first-order valence-corrected chi connectivity index (χ1v) is 9.34. The van der Waals surface area contributed by atoms with Gasteiger partial charge in [0, 0.05) is 12.7 Å². The van der Waals surface area contributed by atoms with Gasteiger partial charge in [-0.3, -0.25) is 9.48 Å². The van der Waals surface area contributed by atoms with Crippen LogP contribution in [-0.4, -0.2) is 43.8 Å². The molecule has 3 heterocycles. The van der Waals surface area contributed by atoms with Gasteiger partial charge in [-0.25, -0.2) is 4.98 Å². The highest BCUT2D eigenvalue weighted by molar-refractivity contribution is 5.96. The van der Waals surface area contributed by atoms with Crippen LogP contribution in [0, 0.1) is 0 Å². The van der Waals surface area contributed by atoms with Crippen LogP contribution in [0.3, 0.4) is 0 Å². The highest BCUT2D eigenvalue weighted by Gasteiger charge is 2.27. The molecule has 1 atom stereocenters. The quantitative estimate of drug-likeness (QED) is 0.737. The standard InChI is InChI=1S/C21H22N4O3/c1-2-28-20-17(9-6-10-22-20)21(27)24-11-12-25-16(14-24)13-18(23-25)19(26)15-7-4-3-5-8-15/h3-10,13,19,26H,2,11-12,14H2,1H3/t19-/m0/s1. The minimum absolute atomic E-state index is 0.117. The molecule has 3 aromatic rings. The summed E-state index contributed by atoms with van der Waals surface area (Å²) in [7, 11) is 0. The molecule has 0 fully saturated rings. The molecule has 0 bridgehead atoms. The van der Waals surface area contributed by atoms with Gasteiger partial charge in [-0.2, -0.15) is 5.10 Å². The van der Waals surface area contributed by atoms with Crippen molar-refractivity contribution in [1.82, 2.24) is 19.7 Å². The summed E-state index contributed by atoms with van der Waals surface area (Å²) in [5, 5.41) is 15.1. The van der Waals surface area contributed by atoms with Crippen molar-refractivity contribution in [2.45, 2.75) is 26.1 Å². The summed E-state index contributed by atoms with van der Waals surface area (Å²) in [5.74, 6) is 0.239. The summed E-state index contributed by atoms with van der Waals surface area (Å²) >= 11 is 0. The molecule has 0 aliphatic carbocycles. The lowest BCUT2D eigenvalue weighted by Crippen LogP contribution is -2.38. The van der Waals surface area contributed by atoms with Crippen LogP contribution in [0.25, 0.3) is 0 Å². The first kappa shape index (κ1) is 18.2. The molecular weight excluding hydrogens is 356 g/mol. The average Bonchev–Trinajstić information content (AvgIpc) is 3.17. The Balaban J connectivity index is 1.54. The number of ether oxygens (including phenoxy) is 1. The zero-order valence-corrected chi connectivity index (χ0v) is 15.7. The van der Waals surface area contributed by atoms with Crippen molar-refractivity contribution in [3.05, 3.63) is 77.2 Å². The van der Waals surface area contributed by atoms with Gasteiger partial charge in [-0.05, 0) is 30.7 Å². The van der Waals surface area contributed by atoms with E-state index in [1.165, 1.54) is 0 Å². The molecule has 1 aliphatic heterocycles. The van der Waals surface area contributed by atoms with E-state index in [2.05, 4.69) is 10.1 Å². The number of benzene rings is 1. The van der Waals surface area contributed by atoms with E-state index >= 15 is 0 Å². The lowest BCUT2D eigenvalue weighted by molar-refractivity contribution is 0.0700. The van der Waals surface area contributed by atoms with Crippen molar-refractivity contribution in [1.29, 1.82) is 0 Å². The van der Waals surface area contributed by atoms with Gasteiger partial charge in [0.25, 0.3) is 5.91 Å². The van der Waals surface area contributed by atoms with Crippen LogP contribution >= 0.6 is 0 Å². The third-order valence-corrected chi connectivity index (χ3v) is 4.78. The average molecular weight is 378 g/mol. The molecule has 0 radical (unpaired) electrons. The fourth-order valence-electron chi connectivity index (χ4n) is 3.38. The molecule has 0 saturated carbocycles. The Morgan fingerprint density at radius 3 is 2.82 bits per heavy atom. The molecule has 144 valence electrons. The SMILES string of the molecule is CCOc1ncccc1C(=O)N1CCn2nc([C@@H](O)c3ccccc3)cc2C1. The van der Waals surface area contributed by atoms with Gasteiger partial charge in [0.1, 0.15) is 11.7 Å². The van der Waals surface area contributed by atoms with Crippen LogP contribution in [0.5, 0.6) is 5.88 Å². The van der Waals surface area contributed by atoms with E-state index in [-0.39, 0.29) is 5.91 Å². The molecule has 7 heteroatoms. The van der Waals surface area contributed by atoms with E-state index in [9.17, 15) is 9.90 Å². The van der Waals surface area contributed by atoms with Crippen LogP contribution < -0.4 is 4.74 Å². The molecule has 1 N–H and O–H groups in total. The monoisotopic (exact) mass is 378 g/mol. The lowest BCUT2D eigenvalue weighted by Gasteiger charge is -2.28. The summed E-state index contributed by atoms with van der Waals surface area (Å²) in [5.41, 5.74) is 2.74. The zero-order chi connectivity index (χ0) is 19.5. The third-order valence-electron chi connectivity index (χ3n) is 4.78. The summed E-state index contributed by atoms with van der Waals surface area (Å²) in [6, 6.07) is 14.8. The number of rotatable bonds is 5. The molecule has 0 saturated heterocycles. The van der Waals surface area contributed by atoms with Crippen LogP contribution in [0.2, 0.25) is 0 Å². The van der Waals surface area contributed by atoms with Crippen LogP contribution in [0.15, 0.2) is 54.7 Å². The fraction of sp³-hybridized carbons (Fsp3) is 0.286. The van der Waals surface area contributed by atoms with E-state index in [0.29, 0.717) is 43.4 Å². The number of hydrogen-bond donors (Lipinski definition) is 1. The number of amides is 1. The van der Waals surface area contributed by atoms with Crippen molar-refractivity contribution in [2.24, 2.45) is 0 Å². The highest BCUT2D eigenvalue weighted by atomic mass is 16.5. The second kappa shape index (κ2) is 7.82. The second-order valence-electron chi connectivity index (χ2n) is 6.61. The number of nitrogens with zero attached hydrogens (tertiary/aromatic N) is 4. The maximum Gasteiger partial charge on any atom is 0.259 e. The molecule has 0 spiro atoms. The molecule has 28 heavy (non-hydrogen) atoms. The lowest BCUT2D eigenvalue weighted by atomic mass is 10.1. The Morgan fingerprint density at radius 2 is 2.04 bits per heavy atom. The van der Waals surface area contributed by atoms with Crippen LogP contribution in [0.1, 0.15) is 40.3 Å². The molecule has 4 rings (SSSR count). The number of carbonyl (C=O) groups excluding carboxylic acids is 1. The van der Waals surface area contributed by atoms with Crippen LogP contribution in [0.4, 0.5) is 0 Å². The van der Waals surface area contributed by atoms with Gasteiger partial charge < -0.3 is 14.7 Å². The number of aliphatic hydroxyl groups is 1. The van der Waals surface area contributed by atoms with Crippen molar-refractivity contribution >= 4 is 5.91 Å². The molecule has 1 amide bonds. The summed E-state index contributed by atoms with van der Waals surface area (Å²) in [6.07, 6.45) is 0.830. The molecule has 0 unspecified atom stereocenters. The molecule has 7 nitrogen and oxygen atoms in total. The van der Waals surface area contributed by atoms with Gasteiger partial charge in [0.2, 0.25) is 5.88 Å². The van der Waals surface area contributed by atoms with Gasteiger partial charge in [-0.1, -0.05) is 30.3 Å². The summed E-state index contributed by atoms with van der Waals surface area (Å²) in [4.78, 5) is 18.9. The summed E-state index contributed by atoms with van der Waals surface area (Å²) in [6.45, 7) is 3.85. The largest absolute Gasteiger partial charge is 0.477 e.